The summed E-state index contributed by atoms with van der Waals surface area (Å²) in [7, 11) is 0. The van der Waals surface area contributed by atoms with Crippen molar-refractivity contribution in [1.29, 1.82) is 0 Å². The summed E-state index contributed by atoms with van der Waals surface area (Å²) >= 11 is 0. The lowest BCUT2D eigenvalue weighted by Crippen LogP contribution is -2.44. The van der Waals surface area contributed by atoms with Gasteiger partial charge in [0.05, 0.1) is 0 Å². The normalized spacial score (nSPS) is 14.8. The van der Waals surface area contributed by atoms with E-state index < -0.39 is 17.8 Å². The number of nitrogens with zero attached hydrogens (tertiary/aromatic N) is 1. The van der Waals surface area contributed by atoms with Gasteiger partial charge in [-0.3, -0.25) is 5.32 Å². The minimum Gasteiger partial charge on any atom is -0.449 e. The summed E-state index contributed by atoms with van der Waals surface area (Å²) in [5, 5.41) is 9.17. The van der Waals surface area contributed by atoms with Gasteiger partial charge in [-0.15, -0.1) is 0 Å². The topological polar surface area (TPSA) is 91.9 Å². The lowest BCUT2D eigenvalue weighted by Gasteiger charge is -2.32. The molecule has 3 aromatic carbocycles. The molecular weight excluding hydrogens is 504 g/mol. The fourth-order valence-corrected chi connectivity index (χ4v) is 5.49. The van der Waals surface area contributed by atoms with Gasteiger partial charge in [0, 0.05) is 50.0 Å². The highest BCUT2D eigenvalue weighted by atomic mass is 16.6. The number of nitrogens with one attached hydrogen (secondary N) is 3. The highest BCUT2D eigenvalue weighted by Crippen LogP contribution is 2.44. The van der Waals surface area contributed by atoms with Crippen LogP contribution in [0.3, 0.4) is 0 Å². The Morgan fingerprint density at radius 3 is 2.20 bits per heavy atom. The Labute approximate surface area is 236 Å². The molecule has 3 N–H and O–H groups in total. The second-order valence-corrected chi connectivity index (χ2v) is 11.3. The minimum atomic E-state index is -0.607. The Kier molecular flexibility index (Phi) is 7.98. The van der Waals surface area contributed by atoms with Gasteiger partial charge >= 0.3 is 12.2 Å². The summed E-state index contributed by atoms with van der Waals surface area (Å²) in [6, 6.07) is 20.4. The Bertz CT molecular complexity index is 1350. The van der Waals surface area contributed by atoms with E-state index >= 15 is 0 Å². The monoisotopic (exact) mass is 542 g/mol. The van der Waals surface area contributed by atoms with Crippen LogP contribution in [0, 0.1) is 6.92 Å². The van der Waals surface area contributed by atoms with Crippen molar-refractivity contribution in [2.75, 3.05) is 43.0 Å². The van der Waals surface area contributed by atoms with Gasteiger partial charge in [0.15, 0.2) is 0 Å². The van der Waals surface area contributed by atoms with Gasteiger partial charge < -0.3 is 25.0 Å². The van der Waals surface area contributed by atoms with E-state index in [-0.39, 0.29) is 19.1 Å². The number of hydrogen-bond acceptors (Lipinski definition) is 6. The Morgan fingerprint density at radius 2 is 1.57 bits per heavy atom. The van der Waals surface area contributed by atoms with Crippen LogP contribution in [0.1, 0.15) is 48.9 Å². The molecule has 8 nitrogen and oxygen atoms in total. The average molecular weight is 543 g/mol. The van der Waals surface area contributed by atoms with E-state index in [9.17, 15) is 9.59 Å². The molecule has 2 amide bonds. The molecule has 5 rings (SSSR count). The zero-order valence-corrected chi connectivity index (χ0v) is 23.7. The van der Waals surface area contributed by atoms with Crippen LogP contribution >= 0.6 is 0 Å². The van der Waals surface area contributed by atoms with Crippen LogP contribution in [0.4, 0.5) is 21.0 Å². The number of alkyl carbamates (subject to hydrolysis) is 1. The van der Waals surface area contributed by atoms with Crippen molar-refractivity contribution in [2.24, 2.45) is 0 Å². The first kappa shape index (κ1) is 27.5. The zero-order valence-electron chi connectivity index (χ0n) is 23.7. The maximum Gasteiger partial charge on any atom is 0.412 e. The number of piperazine rings is 1. The summed E-state index contributed by atoms with van der Waals surface area (Å²) < 4.78 is 11.2. The van der Waals surface area contributed by atoms with Crippen LogP contribution in [0.25, 0.3) is 11.1 Å². The lowest BCUT2D eigenvalue weighted by atomic mass is 9.98. The lowest BCUT2D eigenvalue weighted by molar-refractivity contribution is 0.0636. The van der Waals surface area contributed by atoms with Crippen molar-refractivity contribution < 1.29 is 19.1 Å². The first-order chi connectivity index (χ1) is 19.2. The maximum atomic E-state index is 12.9. The van der Waals surface area contributed by atoms with E-state index in [0.717, 1.165) is 43.0 Å². The van der Waals surface area contributed by atoms with Gasteiger partial charge in [-0.25, -0.2) is 9.59 Å². The summed E-state index contributed by atoms with van der Waals surface area (Å²) in [5.74, 6) is 0.000515. The average Bonchev–Trinajstić information content (AvgIpc) is 3.25. The molecule has 0 aromatic heterocycles. The van der Waals surface area contributed by atoms with E-state index in [2.05, 4.69) is 45.1 Å². The van der Waals surface area contributed by atoms with Gasteiger partial charge in [-0.1, -0.05) is 48.5 Å². The molecule has 8 heteroatoms. The number of hydrogen-bond donors (Lipinski definition) is 3. The van der Waals surface area contributed by atoms with Gasteiger partial charge in [-0.05, 0) is 73.2 Å². The number of anilines is 2. The number of rotatable bonds is 6. The molecule has 1 saturated heterocycles. The van der Waals surface area contributed by atoms with Gasteiger partial charge in [0.2, 0.25) is 0 Å². The third-order valence-electron chi connectivity index (χ3n) is 7.36. The SMILES string of the molecule is Cc1c(CNC(=O)OCC2c3ccccc3-c3ccccc32)cc(NC(=O)OC(C)(C)C)cc1N1CCNCC1. The molecule has 2 aliphatic rings. The molecule has 3 aromatic rings. The molecule has 1 aliphatic heterocycles. The second-order valence-electron chi connectivity index (χ2n) is 11.3. The number of fused-ring (bicyclic) bond motifs is 3. The Morgan fingerprint density at radius 1 is 0.950 bits per heavy atom. The fourth-order valence-electron chi connectivity index (χ4n) is 5.49. The van der Waals surface area contributed by atoms with Gasteiger partial charge in [0.1, 0.15) is 12.2 Å². The molecule has 1 aliphatic carbocycles. The molecule has 0 radical (unpaired) electrons. The molecule has 40 heavy (non-hydrogen) atoms. The number of carbonyl (C=O) groups excluding carboxylic acids is 2. The van der Waals surface area contributed by atoms with Gasteiger partial charge in [-0.2, -0.15) is 0 Å². The standard InChI is InChI=1S/C32H38N4O4/c1-21-22(17-23(35-31(38)40-32(2,3)4)18-29(21)36-15-13-33-14-16-36)19-34-30(37)39-20-28-26-11-7-5-9-24(26)25-10-6-8-12-27(25)28/h5-12,17-18,28,33H,13-16,19-20H2,1-4H3,(H,34,37)(H,35,38). The number of carbonyl (C=O) groups is 2. The van der Waals surface area contributed by atoms with E-state index in [1.165, 1.54) is 22.3 Å². The molecule has 0 spiro atoms. The summed E-state index contributed by atoms with van der Waals surface area (Å²) in [4.78, 5) is 27.7. The van der Waals surface area contributed by atoms with Crippen LogP contribution in [-0.4, -0.2) is 50.6 Å². The molecule has 0 bridgehead atoms. The zero-order chi connectivity index (χ0) is 28.3. The van der Waals surface area contributed by atoms with E-state index in [0.29, 0.717) is 5.69 Å². The number of benzene rings is 3. The van der Waals surface area contributed by atoms with Crippen molar-refractivity contribution in [3.05, 3.63) is 82.9 Å². The molecule has 1 heterocycles. The van der Waals surface area contributed by atoms with Crippen LogP contribution < -0.4 is 20.9 Å². The molecule has 0 saturated carbocycles. The maximum absolute atomic E-state index is 12.9. The van der Waals surface area contributed by atoms with Crippen molar-refractivity contribution in [2.45, 2.75) is 45.8 Å². The molecule has 210 valence electrons. The molecular formula is C32H38N4O4. The van der Waals surface area contributed by atoms with Gasteiger partial charge in [0.25, 0.3) is 0 Å². The van der Waals surface area contributed by atoms with Crippen molar-refractivity contribution >= 4 is 23.6 Å². The van der Waals surface area contributed by atoms with Crippen molar-refractivity contribution in [1.82, 2.24) is 10.6 Å². The largest absolute Gasteiger partial charge is 0.449 e. The highest BCUT2D eigenvalue weighted by molar-refractivity contribution is 5.86. The van der Waals surface area contributed by atoms with E-state index in [4.69, 9.17) is 9.47 Å². The summed E-state index contributed by atoms with van der Waals surface area (Å²) in [5.41, 5.74) is 7.73. The highest BCUT2D eigenvalue weighted by Gasteiger charge is 2.29. The van der Waals surface area contributed by atoms with Crippen molar-refractivity contribution in [3.8, 4) is 11.1 Å². The fraction of sp³-hybridized carbons (Fsp3) is 0.375. The Balaban J connectivity index is 1.28. The molecule has 0 atom stereocenters. The van der Waals surface area contributed by atoms with Crippen molar-refractivity contribution in [3.63, 3.8) is 0 Å². The number of ether oxygens (including phenoxy) is 2. The van der Waals surface area contributed by atoms with E-state index in [1.807, 2.05) is 64.1 Å². The smallest absolute Gasteiger partial charge is 0.412 e. The van der Waals surface area contributed by atoms with Crippen LogP contribution in [0.2, 0.25) is 0 Å². The second kappa shape index (κ2) is 11.6. The van der Waals surface area contributed by atoms with E-state index in [1.54, 1.807) is 0 Å². The van der Waals surface area contributed by atoms with Crippen LogP contribution in [-0.2, 0) is 16.0 Å². The Hall–Kier alpha value is -4.04. The van der Waals surface area contributed by atoms with Crippen LogP contribution in [0.5, 0.6) is 0 Å². The molecule has 0 unspecified atom stereocenters. The summed E-state index contributed by atoms with van der Waals surface area (Å²) in [6.45, 7) is 11.5. The third-order valence-corrected chi connectivity index (χ3v) is 7.36. The first-order valence-electron chi connectivity index (χ1n) is 13.9. The first-order valence-corrected chi connectivity index (χ1v) is 13.9. The number of amides is 2. The quantitative estimate of drug-likeness (QED) is 0.365. The predicted molar refractivity (Wildman–Crippen MR) is 158 cm³/mol. The molecule has 1 fully saturated rings. The third kappa shape index (κ3) is 6.23. The van der Waals surface area contributed by atoms with Crippen LogP contribution in [0.15, 0.2) is 60.7 Å². The summed E-state index contributed by atoms with van der Waals surface area (Å²) in [6.07, 6.45) is -0.992. The minimum absolute atomic E-state index is 0.000515. The predicted octanol–water partition coefficient (Wildman–Crippen LogP) is 5.79.